The minimum absolute atomic E-state index is 0.0281. The number of hydrogen-bond donors (Lipinski definition) is 2. The molecule has 72 valence electrons. The molecule has 0 bridgehead atoms. The molecular formula is C9H12O4. The molecule has 0 spiro atoms. The van der Waals surface area contributed by atoms with Crippen molar-refractivity contribution in [1.82, 2.24) is 0 Å². The largest absolute Gasteiger partial charge is 0.481 e. The summed E-state index contributed by atoms with van der Waals surface area (Å²) in [5, 5.41) is 16.8. The van der Waals surface area contributed by atoms with Gasteiger partial charge < -0.3 is 10.2 Å². The van der Waals surface area contributed by atoms with Crippen LogP contribution in [0.15, 0.2) is 0 Å². The van der Waals surface area contributed by atoms with Gasteiger partial charge in [-0.3, -0.25) is 9.59 Å². The fourth-order valence-corrected chi connectivity index (χ4v) is 1.02. The normalized spacial score (nSPS) is 11.6. The number of aliphatic carboxylic acids is 2. The summed E-state index contributed by atoms with van der Waals surface area (Å²) in [4.78, 5) is 20.5. The average molecular weight is 184 g/mol. The van der Waals surface area contributed by atoms with Gasteiger partial charge in [0.05, 0.1) is 0 Å². The molecule has 0 aromatic carbocycles. The Morgan fingerprint density at radius 1 is 1.31 bits per heavy atom. The first kappa shape index (κ1) is 11.5. The predicted octanol–water partition coefficient (Wildman–Crippen LogP) is 0.965. The SMILES string of the molecule is C#CCC(CCC(=O)O)CC(=O)O. The third-order valence-electron chi connectivity index (χ3n) is 1.64. The summed E-state index contributed by atoms with van der Waals surface area (Å²) in [6, 6.07) is 0. The molecule has 0 heterocycles. The molecule has 0 aromatic rings. The van der Waals surface area contributed by atoms with E-state index >= 15 is 0 Å². The molecule has 0 radical (unpaired) electrons. The van der Waals surface area contributed by atoms with Gasteiger partial charge in [0.15, 0.2) is 0 Å². The lowest BCUT2D eigenvalue weighted by molar-refractivity contribution is -0.140. The number of carbonyl (C=O) groups is 2. The molecule has 0 aliphatic heterocycles. The molecule has 4 nitrogen and oxygen atoms in total. The topological polar surface area (TPSA) is 74.6 Å². The third kappa shape index (κ3) is 6.88. The second-order valence-electron chi connectivity index (χ2n) is 2.80. The van der Waals surface area contributed by atoms with E-state index < -0.39 is 11.9 Å². The lowest BCUT2D eigenvalue weighted by Crippen LogP contribution is -2.09. The maximum absolute atomic E-state index is 10.3. The van der Waals surface area contributed by atoms with Crippen molar-refractivity contribution in [3.05, 3.63) is 0 Å². The highest BCUT2D eigenvalue weighted by molar-refractivity contribution is 5.68. The first-order chi connectivity index (χ1) is 6.06. The molecule has 0 amide bonds. The van der Waals surface area contributed by atoms with Crippen molar-refractivity contribution in [2.45, 2.75) is 25.7 Å². The highest BCUT2D eigenvalue weighted by atomic mass is 16.4. The zero-order valence-corrected chi connectivity index (χ0v) is 7.19. The molecule has 2 N–H and O–H groups in total. The van der Waals surface area contributed by atoms with Crippen LogP contribution in [0.3, 0.4) is 0 Å². The van der Waals surface area contributed by atoms with Crippen molar-refractivity contribution in [1.29, 1.82) is 0 Å². The maximum Gasteiger partial charge on any atom is 0.303 e. The summed E-state index contributed by atoms with van der Waals surface area (Å²) in [5.74, 6) is 0.254. The Kier molecular flexibility index (Phi) is 5.37. The summed E-state index contributed by atoms with van der Waals surface area (Å²) in [6.07, 6.45) is 5.58. The smallest absolute Gasteiger partial charge is 0.303 e. The Morgan fingerprint density at radius 2 is 1.92 bits per heavy atom. The lowest BCUT2D eigenvalue weighted by atomic mass is 9.96. The quantitative estimate of drug-likeness (QED) is 0.603. The summed E-state index contributed by atoms with van der Waals surface area (Å²) >= 11 is 0. The highest BCUT2D eigenvalue weighted by Crippen LogP contribution is 2.14. The Balaban J connectivity index is 3.88. The van der Waals surface area contributed by atoms with Crippen LogP contribution in [-0.4, -0.2) is 22.2 Å². The van der Waals surface area contributed by atoms with E-state index in [9.17, 15) is 9.59 Å². The minimum Gasteiger partial charge on any atom is -0.481 e. The van der Waals surface area contributed by atoms with E-state index in [1.807, 2.05) is 0 Å². The Labute approximate surface area is 76.6 Å². The van der Waals surface area contributed by atoms with Gasteiger partial charge in [0.1, 0.15) is 0 Å². The van der Waals surface area contributed by atoms with Gasteiger partial charge >= 0.3 is 11.9 Å². The number of carboxylic acids is 2. The van der Waals surface area contributed by atoms with Crippen LogP contribution in [0.2, 0.25) is 0 Å². The van der Waals surface area contributed by atoms with Gasteiger partial charge in [-0.25, -0.2) is 0 Å². The summed E-state index contributed by atoms with van der Waals surface area (Å²) in [7, 11) is 0. The first-order valence-electron chi connectivity index (χ1n) is 3.93. The molecule has 0 saturated heterocycles. The maximum atomic E-state index is 10.3. The Hall–Kier alpha value is -1.50. The van der Waals surface area contributed by atoms with Gasteiger partial charge in [-0.2, -0.15) is 0 Å². The van der Waals surface area contributed by atoms with Gasteiger partial charge in [0, 0.05) is 19.3 Å². The fourth-order valence-electron chi connectivity index (χ4n) is 1.02. The molecule has 0 fully saturated rings. The van der Waals surface area contributed by atoms with E-state index in [-0.39, 0.29) is 18.8 Å². The minimum atomic E-state index is -0.939. The van der Waals surface area contributed by atoms with Gasteiger partial charge in [-0.15, -0.1) is 12.3 Å². The third-order valence-corrected chi connectivity index (χ3v) is 1.64. The summed E-state index contributed by atoms with van der Waals surface area (Å²) < 4.78 is 0. The molecule has 1 atom stereocenters. The second-order valence-corrected chi connectivity index (χ2v) is 2.80. The van der Waals surface area contributed by atoms with Crippen LogP contribution in [0.4, 0.5) is 0 Å². The number of hydrogen-bond acceptors (Lipinski definition) is 2. The predicted molar refractivity (Wildman–Crippen MR) is 46.1 cm³/mol. The number of rotatable bonds is 6. The number of carboxylic acid groups (broad SMARTS) is 2. The zero-order chi connectivity index (χ0) is 10.3. The molecular weight excluding hydrogens is 172 g/mol. The summed E-state index contributed by atoms with van der Waals surface area (Å²) in [6.45, 7) is 0. The molecule has 0 saturated carbocycles. The van der Waals surface area contributed by atoms with E-state index in [1.165, 1.54) is 0 Å². The first-order valence-corrected chi connectivity index (χ1v) is 3.93. The molecule has 0 aromatic heterocycles. The van der Waals surface area contributed by atoms with Crippen LogP contribution in [0.25, 0.3) is 0 Å². The fraction of sp³-hybridized carbons (Fsp3) is 0.556. The van der Waals surface area contributed by atoms with Crippen molar-refractivity contribution >= 4 is 11.9 Å². The van der Waals surface area contributed by atoms with Crippen LogP contribution in [0.5, 0.6) is 0 Å². The molecule has 0 aliphatic carbocycles. The van der Waals surface area contributed by atoms with Crippen LogP contribution in [-0.2, 0) is 9.59 Å². The van der Waals surface area contributed by atoms with Crippen molar-refractivity contribution in [3.63, 3.8) is 0 Å². The van der Waals surface area contributed by atoms with E-state index in [1.54, 1.807) is 0 Å². The highest BCUT2D eigenvalue weighted by Gasteiger charge is 2.13. The van der Waals surface area contributed by atoms with Crippen molar-refractivity contribution in [3.8, 4) is 12.3 Å². The monoisotopic (exact) mass is 184 g/mol. The van der Waals surface area contributed by atoms with Gasteiger partial charge in [-0.1, -0.05) is 0 Å². The average Bonchev–Trinajstić information content (AvgIpc) is 1.99. The van der Waals surface area contributed by atoms with Gasteiger partial charge in [0.25, 0.3) is 0 Å². The molecule has 4 heteroatoms. The van der Waals surface area contributed by atoms with Crippen LogP contribution in [0, 0.1) is 18.3 Å². The molecule has 13 heavy (non-hydrogen) atoms. The standard InChI is InChI=1S/C9H12O4/c1-2-3-7(6-9(12)13)4-5-8(10)11/h1,7H,3-6H2,(H,10,11)(H,12,13). The number of terminal acetylenes is 1. The van der Waals surface area contributed by atoms with Crippen molar-refractivity contribution in [2.75, 3.05) is 0 Å². The van der Waals surface area contributed by atoms with Gasteiger partial charge in [-0.05, 0) is 12.3 Å². The second kappa shape index (κ2) is 6.06. The molecule has 1 unspecified atom stereocenters. The van der Waals surface area contributed by atoms with Crippen molar-refractivity contribution in [2.24, 2.45) is 5.92 Å². The zero-order valence-electron chi connectivity index (χ0n) is 7.19. The van der Waals surface area contributed by atoms with E-state index in [0.717, 1.165) is 0 Å². The molecule has 0 rings (SSSR count). The molecule has 0 aliphatic rings. The van der Waals surface area contributed by atoms with Crippen LogP contribution >= 0.6 is 0 Å². The van der Waals surface area contributed by atoms with Crippen molar-refractivity contribution < 1.29 is 19.8 Å². The van der Waals surface area contributed by atoms with Crippen LogP contribution in [0.1, 0.15) is 25.7 Å². The van der Waals surface area contributed by atoms with E-state index in [0.29, 0.717) is 12.8 Å². The van der Waals surface area contributed by atoms with E-state index in [4.69, 9.17) is 16.6 Å². The Bertz CT molecular complexity index is 226. The van der Waals surface area contributed by atoms with Crippen LogP contribution < -0.4 is 0 Å². The lowest BCUT2D eigenvalue weighted by Gasteiger charge is -2.08. The van der Waals surface area contributed by atoms with E-state index in [2.05, 4.69) is 5.92 Å². The Morgan fingerprint density at radius 3 is 2.31 bits per heavy atom. The summed E-state index contributed by atoms with van der Waals surface area (Å²) in [5.41, 5.74) is 0. The van der Waals surface area contributed by atoms with Gasteiger partial charge in [0.2, 0.25) is 0 Å².